The van der Waals surface area contributed by atoms with E-state index in [4.69, 9.17) is 0 Å². The molecular weight excluding hydrogens is 308 g/mol. The molecule has 0 bridgehead atoms. The lowest BCUT2D eigenvalue weighted by Gasteiger charge is -2.29. The minimum absolute atomic E-state index is 0.0733. The van der Waals surface area contributed by atoms with Gasteiger partial charge < -0.3 is 10.0 Å². The predicted molar refractivity (Wildman–Crippen MR) is 93.6 cm³/mol. The fourth-order valence-electron chi connectivity index (χ4n) is 2.36. The molecule has 5 heteroatoms. The minimum Gasteiger partial charge on any atom is -0.389 e. The normalized spacial score (nSPS) is 11.5. The highest BCUT2D eigenvalue weighted by molar-refractivity contribution is 7.13. The number of rotatable bonds is 7. The fourth-order valence-corrected chi connectivity index (χ4v) is 3.35. The summed E-state index contributed by atoms with van der Waals surface area (Å²) in [5.74, 6) is -0.0733. The quantitative estimate of drug-likeness (QED) is 0.844. The second-order valence-corrected chi connectivity index (χ2v) is 7.44. The number of hydrogen-bond donors (Lipinski definition) is 1. The van der Waals surface area contributed by atoms with Gasteiger partial charge in [0.15, 0.2) is 0 Å². The van der Waals surface area contributed by atoms with Crippen LogP contribution in [0.5, 0.6) is 0 Å². The van der Waals surface area contributed by atoms with Crippen LogP contribution < -0.4 is 0 Å². The van der Waals surface area contributed by atoms with Crippen LogP contribution >= 0.6 is 11.3 Å². The van der Waals surface area contributed by atoms with Gasteiger partial charge in [-0.3, -0.25) is 4.79 Å². The lowest BCUT2D eigenvalue weighted by molar-refractivity contribution is 0.0282. The molecule has 0 aliphatic heterocycles. The lowest BCUT2D eigenvalue weighted by atomic mass is 10.1. The third kappa shape index (κ3) is 5.44. The third-order valence-electron chi connectivity index (χ3n) is 3.31. The largest absolute Gasteiger partial charge is 0.389 e. The van der Waals surface area contributed by atoms with Crippen molar-refractivity contribution in [2.24, 2.45) is 0 Å². The van der Waals surface area contributed by atoms with Crippen molar-refractivity contribution in [2.45, 2.75) is 45.8 Å². The summed E-state index contributed by atoms with van der Waals surface area (Å²) in [5, 5.41) is 11.1. The molecule has 23 heavy (non-hydrogen) atoms. The van der Waals surface area contributed by atoms with Crippen molar-refractivity contribution in [3.8, 4) is 0 Å². The average Bonchev–Trinajstić information content (AvgIpc) is 2.94. The SMILES string of the molecule is CCCc1ncc(C(=O)N(Cc2ccccc2)CC(C)(C)O)s1. The Morgan fingerprint density at radius 1 is 1.30 bits per heavy atom. The summed E-state index contributed by atoms with van der Waals surface area (Å²) in [6, 6.07) is 9.83. The smallest absolute Gasteiger partial charge is 0.265 e. The fraction of sp³-hybridized carbons (Fsp3) is 0.444. The number of hydrogen-bond acceptors (Lipinski definition) is 4. The summed E-state index contributed by atoms with van der Waals surface area (Å²) < 4.78 is 0. The van der Waals surface area contributed by atoms with Gasteiger partial charge in [0, 0.05) is 13.1 Å². The lowest BCUT2D eigenvalue weighted by Crippen LogP contribution is -2.41. The number of amides is 1. The van der Waals surface area contributed by atoms with Crippen LogP contribution in [-0.4, -0.2) is 33.0 Å². The molecule has 1 aromatic carbocycles. The van der Waals surface area contributed by atoms with E-state index in [9.17, 15) is 9.90 Å². The van der Waals surface area contributed by atoms with Gasteiger partial charge in [0.25, 0.3) is 5.91 Å². The molecule has 0 saturated heterocycles. The number of benzene rings is 1. The van der Waals surface area contributed by atoms with Gasteiger partial charge in [-0.05, 0) is 32.3 Å². The minimum atomic E-state index is -0.943. The molecule has 2 aromatic rings. The van der Waals surface area contributed by atoms with Crippen molar-refractivity contribution in [2.75, 3.05) is 6.54 Å². The van der Waals surface area contributed by atoms with Crippen LogP contribution in [0.1, 0.15) is 47.4 Å². The monoisotopic (exact) mass is 332 g/mol. The van der Waals surface area contributed by atoms with Crippen molar-refractivity contribution in [3.05, 3.63) is 52.0 Å². The van der Waals surface area contributed by atoms with Crippen LogP contribution in [0.2, 0.25) is 0 Å². The Morgan fingerprint density at radius 3 is 2.61 bits per heavy atom. The average molecular weight is 332 g/mol. The Labute approximate surface area is 141 Å². The van der Waals surface area contributed by atoms with Gasteiger partial charge in [-0.25, -0.2) is 4.98 Å². The predicted octanol–water partition coefficient (Wildman–Crippen LogP) is 3.51. The molecule has 2 rings (SSSR count). The van der Waals surface area contributed by atoms with Crippen LogP contribution in [0.25, 0.3) is 0 Å². The number of aliphatic hydroxyl groups is 1. The van der Waals surface area contributed by atoms with Crippen LogP contribution in [0.15, 0.2) is 36.5 Å². The van der Waals surface area contributed by atoms with Gasteiger partial charge in [-0.2, -0.15) is 0 Å². The summed E-state index contributed by atoms with van der Waals surface area (Å²) in [6.07, 6.45) is 3.56. The van der Waals surface area contributed by atoms with Crippen molar-refractivity contribution >= 4 is 17.2 Å². The Morgan fingerprint density at radius 2 is 2.00 bits per heavy atom. The van der Waals surface area contributed by atoms with Gasteiger partial charge in [0.1, 0.15) is 4.88 Å². The van der Waals surface area contributed by atoms with Crippen molar-refractivity contribution in [1.82, 2.24) is 9.88 Å². The second-order valence-electron chi connectivity index (χ2n) is 6.33. The van der Waals surface area contributed by atoms with Crippen LogP contribution in [0.4, 0.5) is 0 Å². The first kappa shape index (κ1) is 17.6. The molecule has 1 heterocycles. The highest BCUT2D eigenvalue weighted by Gasteiger charge is 2.25. The first-order valence-electron chi connectivity index (χ1n) is 7.89. The highest BCUT2D eigenvalue weighted by Crippen LogP contribution is 2.19. The zero-order valence-electron chi connectivity index (χ0n) is 14.0. The highest BCUT2D eigenvalue weighted by atomic mass is 32.1. The zero-order valence-corrected chi connectivity index (χ0v) is 14.8. The van der Waals surface area contributed by atoms with Gasteiger partial charge in [-0.1, -0.05) is 37.3 Å². The summed E-state index contributed by atoms with van der Waals surface area (Å²) in [6.45, 7) is 6.28. The maximum Gasteiger partial charge on any atom is 0.265 e. The number of nitrogens with zero attached hydrogens (tertiary/aromatic N) is 2. The molecule has 0 aliphatic carbocycles. The van der Waals surface area contributed by atoms with Gasteiger partial charge in [0.2, 0.25) is 0 Å². The van der Waals surface area contributed by atoms with E-state index in [-0.39, 0.29) is 12.5 Å². The molecule has 0 aliphatic rings. The molecule has 0 fully saturated rings. The van der Waals surface area contributed by atoms with Crippen molar-refractivity contribution in [3.63, 3.8) is 0 Å². The summed E-state index contributed by atoms with van der Waals surface area (Å²) in [5.41, 5.74) is 0.102. The standard InChI is InChI=1S/C18H24N2O2S/c1-4-8-16-19-11-15(23-16)17(21)20(13-18(2,3)22)12-14-9-6-5-7-10-14/h5-7,9-11,22H,4,8,12-13H2,1-3H3. The number of aromatic nitrogens is 1. The van der Waals surface area contributed by atoms with E-state index in [1.807, 2.05) is 30.3 Å². The van der Waals surface area contributed by atoms with Gasteiger partial charge in [0.05, 0.1) is 16.8 Å². The Bertz CT molecular complexity index is 632. The summed E-state index contributed by atoms with van der Waals surface area (Å²) in [4.78, 5) is 19.5. The van der Waals surface area contributed by atoms with E-state index in [0.717, 1.165) is 23.4 Å². The molecule has 1 amide bonds. The third-order valence-corrected chi connectivity index (χ3v) is 4.35. The molecule has 1 aromatic heterocycles. The molecule has 0 radical (unpaired) electrons. The van der Waals surface area contributed by atoms with E-state index in [1.165, 1.54) is 11.3 Å². The molecule has 0 spiro atoms. The van der Waals surface area contributed by atoms with E-state index in [0.29, 0.717) is 11.4 Å². The van der Waals surface area contributed by atoms with Crippen LogP contribution in [0, 0.1) is 0 Å². The molecular formula is C18H24N2O2S. The van der Waals surface area contributed by atoms with E-state index >= 15 is 0 Å². The number of carbonyl (C=O) groups excluding carboxylic acids is 1. The number of thiazole rings is 1. The molecule has 124 valence electrons. The summed E-state index contributed by atoms with van der Waals surface area (Å²) >= 11 is 1.45. The van der Waals surface area contributed by atoms with Crippen molar-refractivity contribution < 1.29 is 9.90 Å². The molecule has 0 unspecified atom stereocenters. The van der Waals surface area contributed by atoms with Gasteiger partial charge >= 0.3 is 0 Å². The number of carbonyl (C=O) groups is 1. The molecule has 0 saturated carbocycles. The van der Waals surface area contributed by atoms with Crippen LogP contribution in [0.3, 0.4) is 0 Å². The Balaban J connectivity index is 2.19. The topological polar surface area (TPSA) is 53.4 Å². The van der Waals surface area contributed by atoms with E-state index < -0.39 is 5.60 Å². The Kier molecular flexibility index (Phi) is 5.91. The van der Waals surface area contributed by atoms with E-state index in [1.54, 1.807) is 24.9 Å². The van der Waals surface area contributed by atoms with Crippen molar-refractivity contribution in [1.29, 1.82) is 0 Å². The second kappa shape index (κ2) is 7.70. The number of aryl methyl sites for hydroxylation is 1. The maximum atomic E-state index is 12.8. The molecule has 1 N–H and O–H groups in total. The van der Waals surface area contributed by atoms with Crippen LogP contribution in [-0.2, 0) is 13.0 Å². The Hall–Kier alpha value is -1.72. The first-order valence-corrected chi connectivity index (χ1v) is 8.71. The molecule has 0 atom stereocenters. The zero-order chi connectivity index (χ0) is 16.9. The first-order chi connectivity index (χ1) is 10.9. The maximum absolute atomic E-state index is 12.8. The van der Waals surface area contributed by atoms with E-state index in [2.05, 4.69) is 11.9 Å². The summed E-state index contributed by atoms with van der Waals surface area (Å²) in [7, 11) is 0. The molecule has 4 nitrogen and oxygen atoms in total. The van der Waals surface area contributed by atoms with Gasteiger partial charge in [-0.15, -0.1) is 11.3 Å².